The highest BCUT2D eigenvalue weighted by Crippen LogP contribution is 2.47. The largest absolute Gasteiger partial charge is 0.624 e. The third-order valence-electron chi connectivity index (χ3n) is 11.4. The van der Waals surface area contributed by atoms with Crippen LogP contribution in [0.2, 0.25) is 0 Å². The van der Waals surface area contributed by atoms with Gasteiger partial charge in [0, 0.05) is 32.9 Å². The second kappa shape index (κ2) is 12.7. The molecule has 3 heterocycles. The minimum atomic E-state index is -0.146. The van der Waals surface area contributed by atoms with Gasteiger partial charge in [0.25, 0.3) is 0 Å². The van der Waals surface area contributed by atoms with Crippen LogP contribution >= 0.6 is 0 Å². The maximum atomic E-state index is 5.21. The van der Waals surface area contributed by atoms with Crippen LogP contribution in [0.15, 0.2) is 176 Å². The van der Waals surface area contributed by atoms with Crippen molar-refractivity contribution in [2.75, 3.05) is 0 Å². The molecule has 0 radical (unpaired) electrons. The lowest BCUT2D eigenvalue weighted by atomic mass is 9.98. The molecule has 2 unspecified atom stereocenters. The first-order valence-corrected chi connectivity index (χ1v) is 19.0. The van der Waals surface area contributed by atoms with E-state index < -0.39 is 0 Å². The van der Waals surface area contributed by atoms with Crippen LogP contribution in [0, 0.1) is 0 Å². The van der Waals surface area contributed by atoms with Gasteiger partial charge in [0.15, 0.2) is 0 Å². The molecule has 2 aliphatic rings. The number of rotatable bonds is 5. The predicted octanol–water partition coefficient (Wildman–Crippen LogP) is 12.2. The number of aromatic nitrogens is 2. The van der Waals surface area contributed by atoms with Gasteiger partial charge in [0.1, 0.15) is 0 Å². The number of nitrogens with one attached hydrogen (secondary N) is 2. The summed E-state index contributed by atoms with van der Waals surface area (Å²) in [6.45, 7) is 0. The van der Waals surface area contributed by atoms with E-state index >= 15 is 0 Å². The molecule has 260 valence electrons. The van der Waals surface area contributed by atoms with Gasteiger partial charge >= 0.3 is 0 Å². The summed E-state index contributed by atoms with van der Waals surface area (Å²) in [5.41, 5.74) is 10.9. The van der Waals surface area contributed by atoms with Crippen molar-refractivity contribution in [2.24, 2.45) is 0 Å². The summed E-state index contributed by atoms with van der Waals surface area (Å²) < 4.78 is 5.06. The number of para-hydroxylation sites is 2. The van der Waals surface area contributed by atoms with E-state index in [9.17, 15) is 0 Å². The van der Waals surface area contributed by atoms with Crippen molar-refractivity contribution >= 4 is 60.1 Å². The summed E-state index contributed by atoms with van der Waals surface area (Å²) in [7, 11) is 0. The average Bonchev–Trinajstić information content (AvgIpc) is 3.79. The summed E-state index contributed by atoms with van der Waals surface area (Å²) in [6.07, 6.45) is 8.43. The van der Waals surface area contributed by atoms with Gasteiger partial charge in [-0.1, -0.05) is 169 Å². The van der Waals surface area contributed by atoms with Crippen LogP contribution in [0.1, 0.15) is 48.0 Å². The van der Waals surface area contributed by atoms with E-state index in [-0.39, 0.29) is 18.5 Å². The van der Waals surface area contributed by atoms with Gasteiger partial charge in [0.2, 0.25) is 0 Å². The molecule has 0 bridgehead atoms. The Balaban J connectivity index is 1.13. The molecule has 9 aromatic rings. The molecule has 2 atom stereocenters. The average molecular weight is 697 g/mol. The summed E-state index contributed by atoms with van der Waals surface area (Å²) in [6, 6.07) is 57.1. The highest BCUT2D eigenvalue weighted by atomic mass is 15.4. The highest BCUT2D eigenvalue weighted by molar-refractivity contribution is 6.36. The monoisotopic (exact) mass is 696 g/mol. The number of benzene rings is 7. The quantitative estimate of drug-likeness (QED) is 0.188. The molecule has 1 aliphatic heterocycles. The zero-order chi connectivity index (χ0) is 35.6. The summed E-state index contributed by atoms with van der Waals surface area (Å²) in [5, 5.41) is 20.5. The molecular formula is C49H38N5-. The molecule has 5 nitrogen and oxygen atoms in total. The predicted molar refractivity (Wildman–Crippen MR) is 225 cm³/mol. The van der Waals surface area contributed by atoms with Crippen molar-refractivity contribution in [3.8, 4) is 5.69 Å². The molecule has 0 amide bonds. The van der Waals surface area contributed by atoms with E-state index in [4.69, 9.17) is 5.32 Å². The molecular weight excluding hydrogens is 659 g/mol. The molecule has 1 aliphatic carbocycles. The first kappa shape index (κ1) is 31.3. The third-order valence-corrected chi connectivity index (χ3v) is 11.4. The van der Waals surface area contributed by atoms with Gasteiger partial charge in [-0.15, -0.1) is 0 Å². The Morgan fingerprint density at radius 1 is 0.481 bits per heavy atom. The van der Waals surface area contributed by atoms with Gasteiger partial charge in [-0.3, -0.25) is 0 Å². The lowest BCUT2D eigenvalue weighted by Gasteiger charge is -2.50. The number of hydrogen-bond acceptors (Lipinski definition) is 2. The summed E-state index contributed by atoms with van der Waals surface area (Å²) in [5.74, 6) is 0. The first-order valence-electron chi connectivity index (χ1n) is 19.0. The standard InChI is InChI=1S/C49H38N5/c1-4-16-32(17-5-1)47-50-48(33-18-6-2-7-19-33)52-49(51-47)34-28-30-36(31-29-34)54-42-27-15-13-25-40(42)44-38-23-11-10-22-37(38)43-39-24-12-14-26-41(39)53(45(43)46(44)54)35-20-8-3-9-21-35/h1-8,10-20,22-31,47-49,51-52H,9,21H2/q-1. The molecule has 5 heteroatoms. The van der Waals surface area contributed by atoms with Crippen LogP contribution < -0.4 is 10.6 Å². The fourth-order valence-corrected chi connectivity index (χ4v) is 8.98. The topological polar surface area (TPSA) is 48.0 Å². The zero-order valence-electron chi connectivity index (χ0n) is 29.7. The molecule has 1 fully saturated rings. The van der Waals surface area contributed by atoms with E-state index in [0.29, 0.717) is 0 Å². The minimum Gasteiger partial charge on any atom is -0.624 e. The van der Waals surface area contributed by atoms with E-state index in [1.54, 1.807) is 0 Å². The number of allylic oxidation sites excluding steroid dienone is 4. The molecule has 0 saturated carbocycles. The van der Waals surface area contributed by atoms with Crippen molar-refractivity contribution in [1.29, 1.82) is 0 Å². The van der Waals surface area contributed by atoms with Crippen LogP contribution in [-0.2, 0) is 0 Å². The normalized spacial score (nSPS) is 19.0. The van der Waals surface area contributed by atoms with Crippen LogP contribution in [0.25, 0.3) is 71.1 Å². The van der Waals surface area contributed by atoms with E-state index in [2.05, 4.69) is 196 Å². The third kappa shape index (κ3) is 4.90. The molecule has 2 N–H and O–H groups in total. The molecule has 11 rings (SSSR count). The van der Waals surface area contributed by atoms with E-state index in [1.165, 1.54) is 65.6 Å². The Morgan fingerprint density at radius 3 is 1.54 bits per heavy atom. The highest BCUT2D eigenvalue weighted by Gasteiger charge is 2.26. The van der Waals surface area contributed by atoms with Gasteiger partial charge in [-0.25, -0.2) is 0 Å². The van der Waals surface area contributed by atoms with E-state index in [0.717, 1.165) is 29.7 Å². The fourth-order valence-electron chi connectivity index (χ4n) is 8.98. The Morgan fingerprint density at radius 2 is 0.981 bits per heavy atom. The Kier molecular flexibility index (Phi) is 7.37. The van der Waals surface area contributed by atoms with Crippen molar-refractivity contribution in [3.63, 3.8) is 0 Å². The lowest BCUT2D eigenvalue weighted by Crippen LogP contribution is -2.44. The van der Waals surface area contributed by atoms with Crippen LogP contribution in [-0.4, -0.2) is 9.13 Å². The van der Waals surface area contributed by atoms with Crippen LogP contribution in [0.5, 0.6) is 0 Å². The van der Waals surface area contributed by atoms with Crippen LogP contribution in [0.3, 0.4) is 0 Å². The Labute approximate surface area is 313 Å². The van der Waals surface area contributed by atoms with Crippen molar-refractivity contribution < 1.29 is 0 Å². The van der Waals surface area contributed by atoms with E-state index in [1.807, 2.05) is 0 Å². The number of fused-ring (bicyclic) bond motifs is 10. The van der Waals surface area contributed by atoms with Crippen molar-refractivity contribution in [1.82, 2.24) is 19.8 Å². The molecule has 1 saturated heterocycles. The Bertz CT molecular complexity index is 2870. The lowest BCUT2D eigenvalue weighted by molar-refractivity contribution is 0.316. The maximum Gasteiger partial charge on any atom is 0.0814 e. The van der Waals surface area contributed by atoms with Crippen molar-refractivity contribution in [3.05, 3.63) is 198 Å². The fraction of sp³-hybridized carbons (Fsp3) is 0.102. The van der Waals surface area contributed by atoms with Crippen molar-refractivity contribution in [2.45, 2.75) is 31.3 Å². The smallest absolute Gasteiger partial charge is 0.0814 e. The summed E-state index contributed by atoms with van der Waals surface area (Å²) >= 11 is 0. The second-order valence-electron chi connectivity index (χ2n) is 14.5. The van der Waals surface area contributed by atoms with Gasteiger partial charge < -0.3 is 25.1 Å². The molecule has 0 spiro atoms. The van der Waals surface area contributed by atoms with Crippen LogP contribution in [0.4, 0.5) is 0 Å². The number of hydrogen-bond donors (Lipinski definition) is 2. The summed E-state index contributed by atoms with van der Waals surface area (Å²) in [4.78, 5) is 0. The minimum absolute atomic E-state index is 0.102. The Hall–Kier alpha value is -6.24. The molecule has 54 heavy (non-hydrogen) atoms. The van der Waals surface area contributed by atoms with Gasteiger partial charge in [-0.2, -0.15) is 0 Å². The molecule has 7 aromatic carbocycles. The van der Waals surface area contributed by atoms with Gasteiger partial charge in [-0.05, 0) is 59.5 Å². The molecule has 2 aromatic heterocycles. The maximum absolute atomic E-state index is 5.21. The zero-order valence-corrected chi connectivity index (χ0v) is 29.7. The van der Waals surface area contributed by atoms with Gasteiger partial charge in [0.05, 0.1) is 28.2 Å². The second-order valence-corrected chi connectivity index (χ2v) is 14.5. The number of nitrogens with zero attached hydrogens (tertiary/aromatic N) is 3. The first-order chi connectivity index (χ1) is 26.8. The SMILES string of the molecule is C1=CCCC(n2c3ccccc3c3c4ccccc4c4c5ccccc5n(-c5ccc(C6NC(c7ccccc7)[N-]C(c7ccccc7)N6)cc5)c4c32)=C1.